The van der Waals surface area contributed by atoms with Crippen LogP contribution in [0.3, 0.4) is 0 Å². The van der Waals surface area contributed by atoms with Crippen LogP contribution in [-0.4, -0.2) is 35.5 Å². The van der Waals surface area contributed by atoms with Crippen LogP contribution in [0.25, 0.3) is 0 Å². The number of ether oxygens (including phenoxy) is 1. The van der Waals surface area contributed by atoms with E-state index in [4.69, 9.17) is 4.74 Å². The molecule has 1 N–H and O–H groups in total. The van der Waals surface area contributed by atoms with Gasteiger partial charge in [0.05, 0.1) is 6.04 Å². The Hall–Kier alpha value is -3.18. The Morgan fingerprint density at radius 2 is 1.83 bits per heavy atom. The smallest absolute Gasteiger partial charge is 0.258 e. The van der Waals surface area contributed by atoms with Crippen LogP contribution in [0, 0.1) is 0 Å². The Morgan fingerprint density at radius 3 is 2.62 bits per heavy atom. The topological polar surface area (TPSA) is 54.5 Å². The van der Waals surface area contributed by atoms with E-state index in [-0.39, 0.29) is 18.6 Å². The van der Waals surface area contributed by atoms with Crippen LogP contribution in [0.2, 0.25) is 0 Å². The minimum Gasteiger partial charge on any atom is -0.484 e. The molecule has 0 saturated carbocycles. The Balaban J connectivity index is 1.41. The van der Waals surface area contributed by atoms with Crippen molar-refractivity contribution in [3.8, 4) is 5.75 Å². The van der Waals surface area contributed by atoms with Crippen molar-refractivity contribution >= 4 is 5.91 Å². The quantitative estimate of drug-likeness (QED) is 0.675. The normalized spacial score (nSPS) is 14.6. The lowest BCUT2D eigenvalue weighted by Crippen LogP contribution is -2.41. The molecule has 0 fully saturated rings. The van der Waals surface area contributed by atoms with Crippen LogP contribution >= 0.6 is 0 Å². The first-order valence-corrected chi connectivity index (χ1v) is 9.95. The van der Waals surface area contributed by atoms with E-state index < -0.39 is 0 Å². The van der Waals surface area contributed by atoms with Crippen molar-refractivity contribution in [2.24, 2.45) is 0 Å². The summed E-state index contributed by atoms with van der Waals surface area (Å²) >= 11 is 0. The highest BCUT2D eigenvalue weighted by Crippen LogP contribution is 2.27. The number of amides is 1. The SMILES string of the molecule is O=C(COc1ccccc1)NC[C@@H](c1cccnc1)N1CCc2ccccc2C1. The van der Waals surface area contributed by atoms with Gasteiger partial charge in [0.15, 0.2) is 6.61 Å². The van der Waals surface area contributed by atoms with Crippen LogP contribution < -0.4 is 10.1 Å². The fraction of sp³-hybridized carbons (Fsp3) is 0.250. The molecule has 0 radical (unpaired) electrons. The van der Waals surface area contributed by atoms with E-state index >= 15 is 0 Å². The number of rotatable bonds is 7. The number of para-hydroxylation sites is 1. The number of hydrogen-bond acceptors (Lipinski definition) is 4. The zero-order chi connectivity index (χ0) is 19.9. The Labute approximate surface area is 171 Å². The predicted molar refractivity (Wildman–Crippen MR) is 112 cm³/mol. The molecule has 1 aliphatic heterocycles. The minimum atomic E-state index is -0.125. The second-order valence-corrected chi connectivity index (χ2v) is 7.20. The second kappa shape index (κ2) is 9.34. The van der Waals surface area contributed by atoms with Gasteiger partial charge in [0.1, 0.15) is 5.75 Å². The standard InChI is InChI=1S/C24H25N3O2/c28-24(18-29-22-10-2-1-3-11-22)26-16-23(20-9-6-13-25-15-20)27-14-12-19-7-4-5-8-21(19)17-27/h1-11,13,15,23H,12,14,16-18H2,(H,26,28)/t23-/m0/s1. The van der Waals surface area contributed by atoms with Crippen molar-refractivity contribution in [2.45, 2.75) is 19.0 Å². The maximum Gasteiger partial charge on any atom is 0.258 e. The predicted octanol–water partition coefficient (Wildman–Crippen LogP) is 3.38. The van der Waals surface area contributed by atoms with Crippen molar-refractivity contribution in [3.63, 3.8) is 0 Å². The third-order valence-corrected chi connectivity index (χ3v) is 5.28. The molecule has 0 saturated heterocycles. The number of nitrogens with one attached hydrogen (secondary N) is 1. The molecule has 5 heteroatoms. The summed E-state index contributed by atoms with van der Waals surface area (Å²) in [5.74, 6) is 0.569. The molecule has 1 amide bonds. The number of carbonyl (C=O) groups excluding carboxylic acids is 1. The number of pyridine rings is 1. The van der Waals surface area contributed by atoms with Crippen molar-refractivity contribution < 1.29 is 9.53 Å². The van der Waals surface area contributed by atoms with Gasteiger partial charge in [-0.15, -0.1) is 0 Å². The third kappa shape index (κ3) is 5.00. The number of hydrogen-bond donors (Lipinski definition) is 1. The largest absolute Gasteiger partial charge is 0.484 e. The second-order valence-electron chi connectivity index (χ2n) is 7.20. The molecule has 4 rings (SSSR count). The fourth-order valence-electron chi connectivity index (χ4n) is 3.74. The molecule has 0 aliphatic carbocycles. The summed E-state index contributed by atoms with van der Waals surface area (Å²) in [4.78, 5) is 19.1. The molecule has 5 nitrogen and oxygen atoms in total. The molecule has 3 aromatic rings. The summed E-state index contributed by atoms with van der Waals surface area (Å²) < 4.78 is 5.56. The first kappa shape index (κ1) is 19.2. The van der Waals surface area contributed by atoms with Gasteiger partial charge >= 0.3 is 0 Å². The lowest BCUT2D eigenvalue weighted by atomic mass is 9.97. The molecule has 0 unspecified atom stereocenters. The van der Waals surface area contributed by atoms with Gasteiger partial charge in [-0.3, -0.25) is 14.7 Å². The van der Waals surface area contributed by atoms with Crippen molar-refractivity contribution in [2.75, 3.05) is 19.7 Å². The zero-order valence-corrected chi connectivity index (χ0v) is 16.3. The van der Waals surface area contributed by atoms with Gasteiger partial charge in [-0.25, -0.2) is 0 Å². The molecule has 148 valence electrons. The highest BCUT2D eigenvalue weighted by atomic mass is 16.5. The lowest BCUT2D eigenvalue weighted by Gasteiger charge is -2.36. The van der Waals surface area contributed by atoms with Crippen LogP contribution in [0.15, 0.2) is 79.1 Å². The number of benzene rings is 2. The van der Waals surface area contributed by atoms with E-state index in [2.05, 4.69) is 45.5 Å². The average molecular weight is 387 g/mol. The number of carbonyl (C=O) groups is 1. The third-order valence-electron chi connectivity index (χ3n) is 5.28. The van der Waals surface area contributed by atoms with E-state index in [1.165, 1.54) is 11.1 Å². The Bertz CT molecular complexity index is 931. The van der Waals surface area contributed by atoms with E-state index in [1.807, 2.05) is 42.6 Å². The zero-order valence-electron chi connectivity index (χ0n) is 16.3. The summed E-state index contributed by atoms with van der Waals surface area (Å²) in [5.41, 5.74) is 3.87. The Kier molecular flexibility index (Phi) is 6.17. The van der Waals surface area contributed by atoms with Crippen molar-refractivity contribution in [1.29, 1.82) is 0 Å². The number of fused-ring (bicyclic) bond motifs is 1. The first-order valence-electron chi connectivity index (χ1n) is 9.95. The monoisotopic (exact) mass is 387 g/mol. The van der Waals surface area contributed by atoms with Crippen molar-refractivity contribution in [1.82, 2.24) is 15.2 Å². The van der Waals surface area contributed by atoms with E-state index in [9.17, 15) is 4.79 Å². The molecule has 0 spiro atoms. The number of nitrogens with zero attached hydrogens (tertiary/aromatic N) is 2. The van der Waals surface area contributed by atoms with Gasteiger partial charge in [-0.2, -0.15) is 0 Å². The van der Waals surface area contributed by atoms with Gasteiger partial charge in [-0.1, -0.05) is 48.5 Å². The van der Waals surface area contributed by atoms with Gasteiger partial charge in [0.25, 0.3) is 5.91 Å². The summed E-state index contributed by atoms with van der Waals surface area (Å²) in [6.07, 6.45) is 4.67. The van der Waals surface area contributed by atoms with Crippen LogP contribution in [0.1, 0.15) is 22.7 Å². The average Bonchev–Trinajstić information content (AvgIpc) is 2.79. The molecular weight excluding hydrogens is 362 g/mol. The molecule has 29 heavy (non-hydrogen) atoms. The van der Waals surface area contributed by atoms with Gasteiger partial charge in [0.2, 0.25) is 0 Å². The molecule has 1 aromatic heterocycles. The summed E-state index contributed by atoms with van der Waals surface area (Å²) in [7, 11) is 0. The maximum atomic E-state index is 12.4. The van der Waals surface area contributed by atoms with Gasteiger partial charge < -0.3 is 10.1 Å². The summed E-state index contributed by atoms with van der Waals surface area (Å²) in [6.45, 7) is 2.34. The summed E-state index contributed by atoms with van der Waals surface area (Å²) in [5, 5.41) is 3.04. The number of aromatic nitrogens is 1. The molecular formula is C24H25N3O2. The Morgan fingerprint density at radius 1 is 1.03 bits per heavy atom. The molecule has 1 atom stereocenters. The van der Waals surface area contributed by atoms with Crippen LogP contribution in [-0.2, 0) is 17.8 Å². The van der Waals surface area contributed by atoms with Crippen LogP contribution in [0.5, 0.6) is 5.75 Å². The van der Waals surface area contributed by atoms with Gasteiger partial charge in [0, 0.05) is 32.0 Å². The highest BCUT2D eigenvalue weighted by molar-refractivity contribution is 5.77. The van der Waals surface area contributed by atoms with Crippen molar-refractivity contribution in [3.05, 3.63) is 95.8 Å². The molecule has 2 aromatic carbocycles. The van der Waals surface area contributed by atoms with E-state index in [0.717, 1.165) is 25.1 Å². The summed E-state index contributed by atoms with van der Waals surface area (Å²) in [6, 6.07) is 22.0. The fourth-order valence-corrected chi connectivity index (χ4v) is 3.74. The molecule has 2 heterocycles. The van der Waals surface area contributed by atoms with E-state index in [1.54, 1.807) is 6.20 Å². The highest BCUT2D eigenvalue weighted by Gasteiger charge is 2.25. The minimum absolute atomic E-state index is 0.00655. The van der Waals surface area contributed by atoms with E-state index in [0.29, 0.717) is 12.3 Å². The molecule has 1 aliphatic rings. The van der Waals surface area contributed by atoms with Gasteiger partial charge in [-0.05, 0) is 41.3 Å². The first-order chi connectivity index (χ1) is 14.3. The van der Waals surface area contributed by atoms with Crippen LogP contribution in [0.4, 0.5) is 0 Å². The maximum absolute atomic E-state index is 12.4. The lowest BCUT2D eigenvalue weighted by molar-refractivity contribution is -0.123. The molecule has 0 bridgehead atoms.